The summed E-state index contributed by atoms with van der Waals surface area (Å²) in [6.45, 7) is 2.13. The van der Waals surface area contributed by atoms with E-state index >= 15 is 0 Å². The second-order valence-electron chi connectivity index (χ2n) is 4.60. The summed E-state index contributed by atoms with van der Waals surface area (Å²) in [6, 6.07) is 12.1. The molecule has 3 rings (SSSR count). The van der Waals surface area contributed by atoms with Crippen molar-refractivity contribution in [3.63, 3.8) is 0 Å². The number of nitrogens with one attached hydrogen (secondary N) is 1. The van der Waals surface area contributed by atoms with E-state index in [1.54, 1.807) is 6.08 Å². The lowest BCUT2D eigenvalue weighted by atomic mass is 10.1. The van der Waals surface area contributed by atoms with Gasteiger partial charge in [0.15, 0.2) is 0 Å². The Balaban J connectivity index is 1.84. The molecule has 2 aromatic rings. The van der Waals surface area contributed by atoms with Gasteiger partial charge in [0, 0.05) is 5.56 Å². The third-order valence-corrected chi connectivity index (χ3v) is 4.47. The van der Waals surface area contributed by atoms with Crippen molar-refractivity contribution in [1.82, 2.24) is 5.32 Å². The molecule has 1 N–H and O–H groups in total. The summed E-state index contributed by atoms with van der Waals surface area (Å²) in [5.41, 5.74) is 2.33. The number of amides is 1. The first-order chi connectivity index (χ1) is 10.2. The van der Waals surface area contributed by atoms with Gasteiger partial charge in [-0.15, -0.1) is 0 Å². The van der Waals surface area contributed by atoms with E-state index in [0.717, 1.165) is 34.4 Å². The highest BCUT2D eigenvalue weighted by molar-refractivity contribution is 8.19. The average molecular weight is 315 g/mol. The fraction of sp³-hybridized carbons (Fsp3) is 0.125. The van der Waals surface area contributed by atoms with E-state index in [-0.39, 0.29) is 5.24 Å². The first-order valence-corrected chi connectivity index (χ1v) is 7.82. The molecule has 0 atom stereocenters. The molecule has 0 radical (unpaired) electrons. The Morgan fingerprint density at radius 2 is 2.00 bits per heavy atom. The van der Waals surface area contributed by atoms with Gasteiger partial charge in [-0.3, -0.25) is 4.79 Å². The summed E-state index contributed by atoms with van der Waals surface area (Å²) in [6.07, 6.45) is 2.81. The molecular weight excluding hydrogens is 302 g/mol. The summed E-state index contributed by atoms with van der Waals surface area (Å²) in [7, 11) is 0. The summed E-state index contributed by atoms with van der Waals surface area (Å²) < 4.78 is 5.80. The predicted octanol–water partition coefficient (Wildman–Crippen LogP) is 4.63. The van der Waals surface area contributed by atoms with Crippen molar-refractivity contribution in [2.75, 3.05) is 0 Å². The van der Waals surface area contributed by atoms with Crippen LogP contribution < -0.4 is 5.32 Å². The molecule has 1 aliphatic rings. The third kappa shape index (κ3) is 3.09. The standard InChI is InChI=1S/C16H13NO2S2/c1-2-10-3-5-11(6-4-10)13-8-7-12(19-13)9-14-15(20)17-16(18)21-14/h3-9H,2H2,1H3,(H,17,18,20)/b14-9+. The van der Waals surface area contributed by atoms with Crippen LogP contribution in [0.15, 0.2) is 45.7 Å². The van der Waals surface area contributed by atoms with Gasteiger partial charge in [-0.2, -0.15) is 0 Å². The van der Waals surface area contributed by atoms with Crippen LogP contribution in [0.5, 0.6) is 0 Å². The van der Waals surface area contributed by atoms with Crippen molar-refractivity contribution in [3.8, 4) is 11.3 Å². The lowest BCUT2D eigenvalue weighted by Gasteiger charge is -1.99. The molecule has 1 saturated heterocycles. The molecule has 1 amide bonds. The molecule has 2 heterocycles. The van der Waals surface area contributed by atoms with Crippen LogP contribution in [0, 0.1) is 0 Å². The number of furan rings is 1. The Kier molecular flexibility index (Phi) is 3.94. The minimum absolute atomic E-state index is 0.145. The molecule has 3 nitrogen and oxygen atoms in total. The number of thioether (sulfide) groups is 1. The first-order valence-electron chi connectivity index (χ1n) is 6.59. The Labute approximate surface area is 132 Å². The zero-order valence-electron chi connectivity index (χ0n) is 11.4. The van der Waals surface area contributed by atoms with Crippen molar-refractivity contribution in [3.05, 3.63) is 52.6 Å². The third-order valence-electron chi connectivity index (χ3n) is 3.19. The van der Waals surface area contributed by atoms with Crippen LogP contribution >= 0.6 is 24.0 Å². The topological polar surface area (TPSA) is 42.2 Å². The van der Waals surface area contributed by atoms with Crippen LogP contribution in [0.3, 0.4) is 0 Å². The number of benzene rings is 1. The minimum Gasteiger partial charge on any atom is -0.457 e. The lowest BCUT2D eigenvalue weighted by molar-refractivity contribution is 0.265. The Bertz CT molecular complexity index is 729. The summed E-state index contributed by atoms with van der Waals surface area (Å²) in [4.78, 5) is 12.4. The fourth-order valence-corrected chi connectivity index (χ4v) is 3.05. The van der Waals surface area contributed by atoms with E-state index in [4.69, 9.17) is 16.6 Å². The smallest absolute Gasteiger partial charge is 0.289 e. The maximum atomic E-state index is 11.2. The second kappa shape index (κ2) is 5.87. The van der Waals surface area contributed by atoms with Gasteiger partial charge >= 0.3 is 0 Å². The number of aryl methyl sites for hydroxylation is 1. The van der Waals surface area contributed by atoms with Crippen LogP contribution in [0.2, 0.25) is 0 Å². The second-order valence-corrected chi connectivity index (χ2v) is 6.03. The quantitative estimate of drug-likeness (QED) is 0.662. The summed E-state index contributed by atoms with van der Waals surface area (Å²) in [5.74, 6) is 1.49. The van der Waals surface area contributed by atoms with E-state index < -0.39 is 0 Å². The van der Waals surface area contributed by atoms with Gasteiger partial charge in [0.1, 0.15) is 16.5 Å². The van der Waals surface area contributed by atoms with Gasteiger partial charge < -0.3 is 9.73 Å². The van der Waals surface area contributed by atoms with Gasteiger partial charge in [-0.1, -0.05) is 43.4 Å². The van der Waals surface area contributed by atoms with Crippen molar-refractivity contribution in [2.24, 2.45) is 0 Å². The molecule has 1 aliphatic heterocycles. The number of thiocarbonyl (C=S) groups is 1. The number of rotatable bonds is 3. The van der Waals surface area contributed by atoms with Crippen molar-refractivity contribution >= 4 is 40.3 Å². The monoisotopic (exact) mass is 315 g/mol. The van der Waals surface area contributed by atoms with Gasteiger partial charge in [0.25, 0.3) is 5.24 Å². The molecular formula is C16H13NO2S2. The lowest BCUT2D eigenvalue weighted by Crippen LogP contribution is -2.15. The van der Waals surface area contributed by atoms with E-state index in [9.17, 15) is 4.79 Å². The molecule has 1 fully saturated rings. The Morgan fingerprint density at radius 3 is 2.62 bits per heavy atom. The first kappa shape index (κ1) is 14.1. The Hall–Kier alpha value is -1.85. The number of hydrogen-bond donors (Lipinski definition) is 1. The van der Waals surface area contributed by atoms with Crippen molar-refractivity contribution in [1.29, 1.82) is 0 Å². The highest BCUT2D eigenvalue weighted by Gasteiger charge is 2.21. The molecule has 0 aliphatic carbocycles. The molecule has 0 bridgehead atoms. The highest BCUT2D eigenvalue weighted by Crippen LogP contribution is 2.29. The highest BCUT2D eigenvalue weighted by atomic mass is 32.2. The van der Waals surface area contributed by atoms with Crippen LogP contribution in [0.1, 0.15) is 18.2 Å². The van der Waals surface area contributed by atoms with E-state index in [1.807, 2.05) is 12.1 Å². The van der Waals surface area contributed by atoms with E-state index in [2.05, 4.69) is 36.5 Å². The maximum Gasteiger partial charge on any atom is 0.289 e. The fourth-order valence-electron chi connectivity index (χ4n) is 2.04. The molecule has 0 saturated carbocycles. The summed E-state index contributed by atoms with van der Waals surface area (Å²) in [5, 5.41) is 2.44. The predicted molar refractivity (Wildman–Crippen MR) is 90.2 cm³/mol. The van der Waals surface area contributed by atoms with Crippen molar-refractivity contribution in [2.45, 2.75) is 13.3 Å². The van der Waals surface area contributed by atoms with Crippen LogP contribution in [-0.4, -0.2) is 10.2 Å². The number of carbonyl (C=O) groups is 1. The van der Waals surface area contributed by atoms with Gasteiger partial charge in [-0.05, 0) is 42.0 Å². The molecule has 106 valence electrons. The molecule has 0 unspecified atom stereocenters. The van der Waals surface area contributed by atoms with E-state index in [1.165, 1.54) is 5.56 Å². The zero-order chi connectivity index (χ0) is 14.8. The molecule has 21 heavy (non-hydrogen) atoms. The van der Waals surface area contributed by atoms with Crippen LogP contribution in [0.25, 0.3) is 17.4 Å². The van der Waals surface area contributed by atoms with E-state index in [0.29, 0.717) is 10.7 Å². The number of carbonyl (C=O) groups excluding carboxylic acids is 1. The van der Waals surface area contributed by atoms with Gasteiger partial charge in [0.2, 0.25) is 0 Å². The minimum atomic E-state index is -0.145. The van der Waals surface area contributed by atoms with Gasteiger partial charge in [-0.25, -0.2) is 0 Å². The molecule has 1 aromatic carbocycles. The molecule has 1 aromatic heterocycles. The van der Waals surface area contributed by atoms with Crippen LogP contribution in [-0.2, 0) is 6.42 Å². The summed E-state index contributed by atoms with van der Waals surface area (Å²) >= 11 is 6.17. The molecule has 0 spiro atoms. The normalized spacial score (nSPS) is 16.5. The zero-order valence-corrected chi connectivity index (χ0v) is 13.0. The Morgan fingerprint density at radius 1 is 1.24 bits per heavy atom. The number of hydrogen-bond acceptors (Lipinski definition) is 4. The molecule has 5 heteroatoms. The average Bonchev–Trinajstić information content (AvgIpc) is 3.07. The SMILES string of the molecule is CCc1ccc(-c2ccc(/C=C3/SC(=O)NC3=S)o2)cc1. The largest absolute Gasteiger partial charge is 0.457 e. The maximum absolute atomic E-state index is 11.2. The van der Waals surface area contributed by atoms with Crippen molar-refractivity contribution < 1.29 is 9.21 Å². The van der Waals surface area contributed by atoms with Gasteiger partial charge in [0.05, 0.1) is 4.91 Å². The van der Waals surface area contributed by atoms with Crippen LogP contribution in [0.4, 0.5) is 4.79 Å².